The zero-order valence-corrected chi connectivity index (χ0v) is 20.3. The topological polar surface area (TPSA) is 109 Å². The molecule has 0 radical (unpaired) electrons. The lowest BCUT2D eigenvalue weighted by Crippen LogP contribution is -2.29. The van der Waals surface area contributed by atoms with Crippen LogP contribution in [0.25, 0.3) is 11.4 Å². The van der Waals surface area contributed by atoms with Gasteiger partial charge in [0.05, 0.1) is 6.54 Å². The largest absolute Gasteiger partial charge is 0.465 e. The first-order valence-corrected chi connectivity index (χ1v) is 12.7. The second-order valence-corrected chi connectivity index (χ2v) is 9.30. The molecule has 186 valence electrons. The average Bonchev–Trinajstić information content (AvgIpc) is 3.50. The molecule has 34 heavy (non-hydrogen) atoms. The molecule has 0 aliphatic carbocycles. The minimum atomic E-state index is -0.928. The number of rotatable bonds is 14. The van der Waals surface area contributed by atoms with E-state index in [4.69, 9.17) is 9.63 Å². The van der Waals surface area contributed by atoms with Crippen LogP contribution in [0.15, 0.2) is 28.8 Å². The number of aryl methyl sites for hydroxylation is 1. The minimum absolute atomic E-state index is 0.0543. The van der Waals surface area contributed by atoms with Crippen molar-refractivity contribution < 1.29 is 19.2 Å². The van der Waals surface area contributed by atoms with Gasteiger partial charge in [0.15, 0.2) is 0 Å². The molecule has 3 rings (SSSR count). The molecule has 2 heterocycles. The third-order valence-electron chi connectivity index (χ3n) is 6.47. The van der Waals surface area contributed by atoms with Gasteiger partial charge in [-0.15, -0.1) is 0 Å². The van der Waals surface area contributed by atoms with Crippen molar-refractivity contribution in [1.29, 1.82) is 0 Å². The van der Waals surface area contributed by atoms with E-state index in [0.717, 1.165) is 12.0 Å². The maximum Gasteiger partial charge on any atom is 0.407 e. The van der Waals surface area contributed by atoms with Crippen LogP contribution >= 0.6 is 0 Å². The minimum Gasteiger partial charge on any atom is -0.465 e. The summed E-state index contributed by atoms with van der Waals surface area (Å²) in [4.78, 5) is 28.9. The molecular formula is C26H38N4O4. The van der Waals surface area contributed by atoms with Gasteiger partial charge in [-0.1, -0.05) is 81.3 Å². The number of likely N-dealkylation sites (tertiary alicyclic amines) is 1. The molecule has 2 N–H and O–H groups in total. The second-order valence-electron chi connectivity index (χ2n) is 9.30. The van der Waals surface area contributed by atoms with Gasteiger partial charge in [0.2, 0.25) is 17.6 Å². The molecule has 1 aliphatic heterocycles. The number of aromatic nitrogens is 2. The quantitative estimate of drug-likeness (QED) is 0.357. The molecule has 8 nitrogen and oxygen atoms in total. The van der Waals surface area contributed by atoms with E-state index in [1.165, 1.54) is 61.8 Å². The van der Waals surface area contributed by atoms with Crippen molar-refractivity contribution in [3.63, 3.8) is 0 Å². The van der Waals surface area contributed by atoms with E-state index >= 15 is 0 Å². The summed E-state index contributed by atoms with van der Waals surface area (Å²) in [5.74, 6) is 0.779. The van der Waals surface area contributed by atoms with Gasteiger partial charge >= 0.3 is 6.09 Å². The molecule has 2 aromatic rings. The van der Waals surface area contributed by atoms with Crippen molar-refractivity contribution in [1.82, 2.24) is 20.4 Å². The van der Waals surface area contributed by atoms with Crippen LogP contribution in [0.3, 0.4) is 0 Å². The number of nitrogens with zero attached hydrogens (tertiary/aromatic N) is 3. The van der Waals surface area contributed by atoms with Gasteiger partial charge in [-0.2, -0.15) is 4.98 Å². The van der Waals surface area contributed by atoms with Gasteiger partial charge in [0.1, 0.15) is 0 Å². The summed E-state index contributed by atoms with van der Waals surface area (Å²) in [6.45, 7) is 3.31. The number of hydrogen-bond acceptors (Lipinski definition) is 5. The van der Waals surface area contributed by atoms with E-state index in [2.05, 4.69) is 34.5 Å². The molecular weight excluding hydrogens is 432 g/mol. The summed E-state index contributed by atoms with van der Waals surface area (Å²) in [6, 6.07) is 8.27. The second kappa shape index (κ2) is 13.7. The van der Waals surface area contributed by atoms with Crippen LogP contribution in [0.1, 0.15) is 82.6 Å². The summed E-state index contributed by atoms with van der Waals surface area (Å²) in [7, 11) is 0. The number of amides is 2. The van der Waals surface area contributed by atoms with Gasteiger partial charge in [-0.25, -0.2) is 4.79 Å². The van der Waals surface area contributed by atoms with Crippen molar-refractivity contribution in [2.24, 2.45) is 5.92 Å². The third-order valence-corrected chi connectivity index (χ3v) is 6.47. The summed E-state index contributed by atoms with van der Waals surface area (Å²) in [5, 5.41) is 15.8. The number of hydrogen-bond donors (Lipinski definition) is 2. The van der Waals surface area contributed by atoms with Crippen LogP contribution in [-0.4, -0.2) is 45.2 Å². The standard InChI is InChI=1S/C26H38N4O4/c1-2-3-4-5-6-7-8-9-10-20-11-13-22(14-12-20)25-28-24(34-29-25)18-27-23(31)17-21-15-16-30(19-21)26(32)33/h11-14,21H,2-10,15-19H2,1H3,(H,27,31)(H,32,33). The lowest BCUT2D eigenvalue weighted by molar-refractivity contribution is -0.122. The van der Waals surface area contributed by atoms with Gasteiger partial charge in [-0.05, 0) is 30.7 Å². The van der Waals surface area contributed by atoms with E-state index in [-0.39, 0.29) is 18.4 Å². The van der Waals surface area contributed by atoms with E-state index < -0.39 is 6.09 Å². The third kappa shape index (κ3) is 8.47. The summed E-state index contributed by atoms with van der Waals surface area (Å²) in [5.41, 5.74) is 2.21. The Labute approximate surface area is 202 Å². The predicted molar refractivity (Wildman–Crippen MR) is 130 cm³/mol. The number of carbonyl (C=O) groups is 2. The number of nitrogens with one attached hydrogen (secondary N) is 1. The molecule has 0 bridgehead atoms. The molecule has 1 aromatic heterocycles. The number of unbranched alkanes of at least 4 members (excludes halogenated alkanes) is 7. The van der Waals surface area contributed by atoms with Crippen LogP contribution in [0, 0.1) is 5.92 Å². The van der Waals surface area contributed by atoms with Crippen molar-refractivity contribution in [3.05, 3.63) is 35.7 Å². The Morgan fingerprint density at radius 1 is 1.09 bits per heavy atom. The molecule has 1 aromatic carbocycles. The molecule has 2 amide bonds. The predicted octanol–water partition coefficient (Wildman–Crippen LogP) is 5.43. The highest BCUT2D eigenvalue weighted by molar-refractivity contribution is 5.76. The van der Waals surface area contributed by atoms with Crippen LogP contribution in [0.4, 0.5) is 4.79 Å². The number of benzene rings is 1. The van der Waals surface area contributed by atoms with Crippen LogP contribution < -0.4 is 5.32 Å². The Morgan fingerprint density at radius 2 is 1.79 bits per heavy atom. The fraction of sp³-hybridized carbons (Fsp3) is 0.615. The fourth-order valence-corrected chi connectivity index (χ4v) is 4.41. The number of carbonyl (C=O) groups excluding carboxylic acids is 1. The first kappa shape index (κ1) is 25.7. The highest BCUT2D eigenvalue weighted by Gasteiger charge is 2.27. The first-order chi connectivity index (χ1) is 16.5. The normalized spacial score (nSPS) is 15.6. The van der Waals surface area contributed by atoms with Crippen LogP contribution in [0.5, 0.6) is 0 Å². The summed E-state index contributed by atoms with van der Waals surface area (Å²) >= 11 is 0. The van der Waals surface area contributed by atoms with Crippen molar-refractivity contribution >= 4 is 12.0 Å². The molecule has 1 saturated heterocycles. The lowest BCUT2D eigenvalue weighted by atomic mass is 10.0. The van der Waals surface area contributed by atoms with Gasteiger partial charge in [0, 0.05) is 25.1 Å². The van der Waals surface area contributed by atoms with E-state index in [9.17, 15) is 9.59 Å². The van der Waals surface area contributed by atoms with Crippen LogP contribution in [-0.2, 0) is 17.8 Å². The van der Waals surface area contributed by atoms with Crippen molar-refractivity contribution in [3.8, 4) is 11.4 Å². The van der Waals surface area contributed by atoms with E-state index in [1.807, 2.05) is 12.1 Å². The average molecular weight is 471 g/mol. The Morgan fingerprint density at radius 3 is 2.47 bits per heavy atom. The number of carboxylic acid groups (broad SMARTS) is 1. The zero-order valence-electron chi connectivity index (χ0n) is 20.3. The van der Waals surface area contributed by atoms with Gasteiger partial charge in [-0.3, -0.25) is 4.79 Å². The monoisotopic (exact) mass is 470 g/mol. The summed E-state index contributed by atoms with van der Waals surface area (Å²) < 4.78 is 5.28. The molecule has 1 aliphatic rings. The van der Waals surface area contributed by atoms with Gasteiger partial charge in [0.25, 0.3) is 0 Å². The van der Waals surface area contributed by atoms with E-state index in [1.54, 1.807) is 0 Å². The molecule has 0 spiro atoms. The smallest absolute Gasteiger partial charge is 0.407 e. The molecule has 1 unspecified atom stereocenters. The van der Waals surface area contributed by atoms with Crippen molar-refractivity contribution in [2.45, 2.75) is 84.1 Å². The molecule has 0 saturated carbocycles. The molecule has 1 fully saturated rings. The van der Waals surface area contributed by atoms with Crippen molar-refractivity contribution in [2.75, 3.05) is 13.1 Å². The maximum atomic E-state index is 12.2. The Balaban J connectivity index is 1.35. The van der Waals surface area contributed by atoms with Gasteiger partial charge < -0.3 is 19.8 Å². The maximum absolute atomic E-state index is 12.2. The SMILES string of the molecule is CCCCCCCCCCc1ccc(-c2noc(CNC(=O)CC3CCN(C(=O)O)C3)n2)cc1. The van der Waals surface area contributed by atoms with E-state index in [0.29, 0.717) is 37.6 Å². The van der Waals surface area contributed by atoms with Crippen LogP contribution in [0.2, 0.25) is 0 Å². The highest BCUT2D eigenvalue weighted by Crippen LogP contribution is 2.20. The lowest BCUT2D eigenvalue weighted by Gasteiger charge is -2.11. The molecule has 8 heteroatoms. The Hall–Kier alpha value is -2.90. The fourth-order valence-electron chi connectivity index (χ4n) is 4.41. The summed E-state index contributed by atoms with van der Waals surface area (Å²) in [6.07, 6.45) is 11.7. The Bertz CT molecular complexity index is 896. The zero-order chi connectivity index (χ0) is 24.2. The Kier molecular flexibility index (Phi) is 10.4. The molecule has 1 atom stereocenters. The highest BCUT2D eigenvalue weighted by atomic mass is 16.5. The first-order valence-electron chi connectivity index (χ1n) is 12.7.